The molecular formula is C32H35N5O5. The first kappa shape index (κ1) is 28.7. The number of nitrogens with zero attached hydrogens (tertiary/aromatic N) is 3. The van der Waals surface area contributed by atoms with Crippen LogP contribution in [0, 0.1) is 18.3 Å². The van der Waals surface area contributed by atoms with Crippen molar-refractivity contribution in [2.45, 2.75) is 45.1 Å². The van der Waals surface area contributed by atoms with Crippen molar-refractivity contribution < 1.29 is 23.5 Å². The van der Waals surface area contributed by atoms with Gasteiger partial charge in [-0.2, -0.15) is 5.26 Å². The van der Waals surface area contributed by atoms with E-state index in [-0.39, 0.29) is 29.8 Å². The van der Waals surface area contributed by atoms with Gasteiger partial charge in [-0.25, -0.2) is 0 Å². The number of likely N-dealkylation sites (tertiary alicyclic amines) is 2. The fraction of sp³-hybridized carbons (Fsp3) is 0.375. The number of aryl methyl sites for hydroxylation is 1. The van der Waals surface area contributed by atoms with Crippen LogP contribution < -0.4 is 15.4 Å². The monoisotopic (exact) mass is 569 g/mol. The van der Waals surface area contributed by atoms with Crippen LogP contribution in [0.15, 0.2) is 64.3 Å². The number of carbonyl (C=O) groups excluding carboxylic acids is 3. The van der Waals surface area contributed by atoms with Crippen molar-refractivity contribution in [3.63, 3.8) is 0 Å². The summed E-state index contributed by atoms with van der Waals surface area (Å²) in [5.41, 5.74) is 1.46. The third-order valence-electron chi connectivity index (χ3n) is 7.73. The molecule has 2 amide bonds. The van der Waals surface area contributed by atoms with Gasteiger partial charge in [0.25, 0.3) is 0 Å². The van der Waals surface area contributed by atoms with E-state index in [9.17, 15) is 19.6 Å². The number of anilines is 1. The van der Waals surface area contributed by atoms with E-state index < -0.39 is 11.8 Å². The molecule has 10 nitrogen and oxygen atoms in total. The highest BCUT2D eigenvalue weighted by molar-refractivity contribution is 6.12. The van der Waals surface area contributed by atoms with E-state index in [1.165, 1.54) is 7.11 Å². The summed E-state index contributed by atoms with van der Waals surface area (Å²) in [6.07, 6.45) is 3.96. The normalized spacial score (nSPS) is 17.8. The topological polar surface area (TPSA) is 128 Å². The Bertz CT molecular complexity index is 1550. The summed E-state index contributed by atoms with van der Waals surface area (Å²) >= 11 is 0. The summed E-state index contributed by atoms with van der Waals surface area (Å²) in [7, 11) is 1.54. The smallest absolute Gasteiger partial charge is 0.245 e. The Balaban J connectivity index is 1.46. The number of rotatable bonds is 9. The Morgan fingerprint density at radius 3 is 2.50 bits per heavy atom. The quantitative estimate of drug-likeness (QED) is 0.221. The molecule has 42 heavy (non-hydrogen) atoms. The molecule has 2 aromatic carbocycles. The van der Waals surface area contributed by atoms with Crippen molar-refractivity contribution >= 4 is 34.3 Å². The Kier molecular flexibility index (Phi) is 8.77. The number of ether oxygens (including phenoxy) is 1. The zero-order chi connectivity index (χ0) is 29.6. The molecular weight excluding hydrogens is 534 g/mol. The summed E-state index contributed by atoms with van der Waals surface area (Å²) in [5.74, 6) is 0.695. The van der Waals surface area contributed by atoms with Crippen LogP contribution in [0.3, 0.4) is 0 Å². The van der Waals surface area contributed by atoms with E-state index >= 15 is 0 Å². The number of methoxy groups -OCH3 is 1. The third-order valence-corrected chi connectivity index (χ3v) is 7.73. The molecule has 2 N–H and O–H groups in total. The van der Waals surface area contributed by atoms with E-state index in [2.05, 4.69) is 16.7 Å². The molecule has 2 fully saturated rings. The van der Waals surface area contributed by atoms with Gasteiger partial charge in [-0.15, -0.1) is 0 Å². The van der Waals surface area contributed by atoms with Crippen LogP contribution in [0.5, 0.6) is 5.75 Å². The molecule has 2 aliphatic heterocycles. The fourth-order valence-corrected chi connectivity index (χ4v) is 5.48. The van der Waals surface area contributed by atoms with Crippen molar-refractivity contribution in [2.75, 3.05) is 38.6 Å². The van der Waals surface area contributed by atoms with Crippen LogP contribution >= 0.6 is 0 Å². The summed E-state index contributed by atoms with van der Waals surface area (Å²) in [5, 5.41) is 17.5. The predicted molar refractivity (Wildman–Crippen MR) is 158 cm³/mol. The number of fused-ring (bicyclic) bond motifs is 1. The molecule has 0 bridgehead atoms. The summed E-state index contributed by atoms with van der Waals surface area (Å²) in [4.78, 5) is 43.6. The predicted octanol–water partition coefficient (Wildman–Crippen LogP) is 4.37. The van der Waals surface area contributed by atoms with Gasteiger partial charge in [-0.1, -0.05) is 0 Å². The number of hydrogen-bond donors (Lipinski definition) is 2. The molecule has 1 aromatic heterocycles. The van der Waals surface area contributed by atoms with Gasteiger partial charge in [-0.3, -0.25) is 14.4 Å². The molecule has 0 unspecified atom stereocenters. The highest BCUT2D eigenvalue weighted by Gasteiger charge is 2.32. The number of furan rings is 1. The molecule has 3 aromatic rings. The number of amides is 2. The SMILES string of the molecule is COc1ccc(C(=O)/C(C#N)=C(\Nc2ccc3oc(C)cc3c2)N[C@H]2CCCCN(CC(=O)N3CCCC3)C2=O)cc1. The minimum absolute atomic E-state index is 0.0237. The zero-order valence-electron chi connectivity index (χ0n) is 23.9. The van der Waals surface area contributed by atoms with Gasteiger partial charge in [0, 0.05) is 36.3 Å². The lowest BCUT2D eigenvalue weighted by molar-refractivity contribution is -0.140. The zero-order valence-corrected chi connectivity index (χ0v) is 23.9. The van der Waals surface area contributed by atoms with Crippen LogP contribution in [-0.4, -0.2) is 66.7 Å². The maximum atomic E-state index is 13.7. The number of benzene rings is 2. The molecule has 2 saturated heterocycles. The molecule has 0 saturated carbocycles. The molecule has 10 heteroatoms. The molecule has 5 rings (SSSR count). The number of hydrogen-bond acceptors (Lipinski definition) is 8. The Morgan fingerprint density at radius 1 is 1.05 bits per heavy atom. The first-order valence-corrected chi connectivity index (χ1v) is 14.3. The minimum Gasteiger partial charge on any atom is -0.497 e. The maximum absolute atomic E-state index is 13.7. The summed E-state index contributed by atoms with van der Waals surface area (Å²) in [6, 6.07) is 15.2. The first-order chi connectivity index (χ1) is 20.4. The number of nitrogens with one attached hydrogen (secondary N) is 2. The lowest BCUT2D eigenvalue weighted by atomic mass is 10.0. The third kappa shape index (κ3) is 6.41. The van der Waals surface area contributed by atoms with Crippen LogP contribution in [-0.2, 0) is 9.59 Å². The van der Waals surface area contributed by atoms with Crippen LogP contribution in [0.25, 0.3) is 11.0 Å². The Hall–Kier alpha value is -4.78. The lowest BCUT2D eigenvalue weighted by Gasteiger charge is -2.28. The van der Waals surface area contributed by atoms with E-state index in [4.69, 9.17) is 9.15 Å². The lowest BCUT2D eigenvalue weighted by Crippen LogP contribution is -2.49. The second kappa shape index (κ2) is 12.8. The highest BCUT2D eigenvalue weighted by Crippen LogP contribution is 2.25. The fourth-order valence-electron chi connectivity index (χ4n) is 5.48. The largest absolute Gasteiger partial charge is 0.497 e. The Labute approximate surface area is 244 Å². The molecule has 1 atom stereocenters. The molecule has 0 radical (unpaired) electrons. The van der Waals surface area contributed by atoms with Crippen molar-refractivity contribution in [2.24, 2.45) is 0 Å². The minimum atomic E-state index is -0.728. The van der Waals surface area contributed by atoms with Gasteiger partial charge >= 0.3 is 0 Å². The molecule has 2 aliphatic rings. The molecule has 3 heterocycles. The van der Waals surface area contributed by atoms with E-state index in [0.29, 0.717) is 35.5 Å². The van der Waals surface area contributed by atoms with Crippen molar-refractivity contribution in [3.8, 4) is 11.8 Å². The second-order valence-electron chi connectivity index (χ2n) is 10.7. The second-order valence-corrected chi connectivity index (χ2v) is 10.7. The molecule has 0 aliphatic carbocycles. The average molecular weight is 570 g/mol. The number of ketones is 1. The van der Waals surface area contributed by atoms with Crippen LogP contribution in [0.2, 0.25) is 0 Å². The number of carbonyl (C=O) groups is 3. The van der Waals surface area contributed by atoms with Gasteiger partial charge in [0.05, 0.1) is 13.7 Å². The van der Waals surface area contributed by atoms with E-state index in [1.807, 2.05) is 30.0 Å². The van der Waals surface area contributed by atoms with Crippen molar-refractivity contribution in [1.29, 1.82) is 5.26 Å². The maximum Gasteiger partial charge on any atom is 0.245 e. The van der Waals surface area contributed by atoms with Gasteiger partial charge in [0.1, 0.15) is 40.6 Å². The average Bonchev–Trinajstić information content (AvgIpc) is 3.63. The van der Waals surface area contributed by atoms with Gasteiger partial charge in [0.15, 0.2) is 0 Å². The summed E-state index contributed by atoms with van der Waals surface area (Å²) in [6.45, 7) is 3.81. The van der Waals surface area contributed by atoms with Gasteiger partial charge < -0.3 is 29.6 Å². The van der Waals surface area contributed by atoms with Crippen LogP contribution in [0.4, 0.5) is 5.69 Å². The highest BCUT2D eigenvalue weighted by atomic mass is 16.5. The number of allylic oxidation sites excluding steroid dienone is 1. The molecule has 218 valence electrons. The van der Waals surface area contributed by atoms with Gasteiger partial charge in [0.2, 0.25) is 17.6 Å². The molecule has 0 spiro atoms. The first-order valence-electron chi connectivity index (χ1n) is 14.3. The Morgan fingerprint density at radius 2 is 1.79 bits per heavy atom. The van der Waals surface area contributed by atoms with E-state index in [1.54, 1.807) is 35.2 Å². The summed E-state index contributed by atoms with van der Waals surface area (Å²) < 4.78 is 10.9. The standard InChI is InChI=1S/C32H35N5O5/c1-21-17-23-18-24(10-13-28(23)42-21)34-31(26(19-33)30(39)22-8-11-25(41-2)12-9-22)35-27-7-3-4-16-37(32(27)40)20-29(38)36-14-5-6-15-36/h8-13,17-18,27,34-35H,3-7,14-16,20H2,1-2H3/b31-26+/t27-/m0/s1. The van der Waals surface area contributed by atoms with Crippen LogP contribution in [0.1, 0.15) is 48.2 Å². The van der Waals surface area contributed by atoms with Crippen molar-refractivity contribution in [3.05, 3.63) is 71.2 Å². The van der Waals surface area contributed by atoms with E-state index in [0.717, 1.165) is 49.9 Å². The number of nitriles is 1. The van der Waals surface area contributed by atoms with Gasteiger partial charge in [-0.05, 0) is 87.6 Å². The number of Topliss-reactive ketones (excluding diaryl/α,β-unsaturated/α-hetero) is 1. The van der Waals surface area contributed by atoms with Crippen molar-refractivity contribution in [1.82, 2.24) is 15.1 Å².